The fourth-order valence-electron chi connectivity index (χ4n) is 3.26. The summed E-state index contributed by atoms with van der Waals surface area (Å²) in [5.41, 5.74) is 1.71. The van der Waals surface area contributed by atoms with E-state index in [1.165, 1.54) is 0 Å². The third-order valence-corrected chi connectivity index (χ3v) is 4.37. The molecule has 1 aromatic carbocycles. The van der Waals surface area contributed by atoms with Crippen molar-refractivity contribution < 1.29 is 4.79 Å². The number of imidazole rings is 1. The van der Waals surface area contributed by atoms with Gasteiger partial charge in [0.05, 0.1) is 17.6 Å². The monoisotopic (exact) mass is 272 g/mol. The van der Waals surface area contributed by atoms with Gasteiger partial charge in [0.2, 0.25) is 0 Å². The largest absolute Gasteiger partial charge is 0.329 e. The molecule has 4 heteroatoms. The highest BCUT2D eigenvalue weighted by Gasteiger charge is 2.24. The molecule has 0 N–H and O–H groups in total. The molecule has 1 heterocycles. The second kappa shape index (κ2) is 5.27. The summed E-state index contributed by atoms with van der Waals surface area (Å²) in [4.78, 5) is 24.8. The minimum atomic E-state index is -0.0694. The highest BCUT2D eigenvalue weighted by atomic mass is 16.2. The Kier molecular flexibility index (Phi) is 3.47. The smallest absolute Gasteiger partial charge is 0.297 e. The molecule has 1 aromatic heterocycles. The minimum absolute atomic E-state index is 0.0694. The van der Waals surface area contributed by atoms with Gasteiger partial charge >= 0.3 is 5.69 Å². The molecule has 0 saturated heterocycles. The average molecular weight is 272 g/mol. The van der Waals surface area contributed by atoms with Crippen LogP contribution in [0.3, 0.4) is 0 Å². The summed E-state index contributed by atoms with van der Waals surface area (Å²) in [6.45, 7) is 2.80. The van der Waals surface area contributed by atoms with Crippen LogP contribution in [0.1, 0.15) is 32.6 Å². The van der Waals surface area contributed by atoms with Crippen molar-refractivity contribution in [1.29, 1.82) is 0 Å². The van der Waals surface area contributed by atoms with Gasteiger partial charge in [-0.25, -0.2) is 4.79 Å². The zero-order valence-electron chi connectivity index (χ0n) is 11.8. The molecule has 3 rings (SSSR count). The molecule has 106 valence electrons. The van der Waals surface area contributed by atoms with E-state index in [4.69, 9.17) is 0 Å². The van der Waals surface area contributed by atoms with Crippen molar-refractivity contribution in [2.24, 2.45) is 5.92 Å². The maximum atomic E-state index is 12.4. The Hall–Kier alpha value is -1.84. The summed E-state index contributed by atoms with van der Waals surface area (Å²) in [6, 6.07) is 7.71. The van der Waals surface area contributed by atoms with Gasteiger partial charge in [-0.05, 0) is 31.9 Å². The Morgan fingerprint density at radius 2 is 1.75 bits per heavy atom. The maximum Gasteiger partial charge on any atom is 0.329 e. The number of nitrogens with zero attached hydrogens (tertiary/aromatic N) is 2. The first-order valence-corrected chi connectivity index (χ1v) is 7.43. The average Bonchev–Trinajstić information content (AvgIpc) is 3.07. The summed E-state index contributed by atoms with van der Waals surface area (Å²) < 4.78 is 3.37. The lowest BCUT2D eigenvalue weighted by atomic mass is 10.0. The van der Waals surface area contributed by atoms with Crippen molar-refractivity contribution >= 4 is 16.8 Å². The van der Waals surface area contributed by atoms with E-state index in [1.807, 2.05) is 31.2 Å². The second-order valence-corrected chi connectivity index (χ2v) is 5.55. The van der Waals surface area contributed by atoms with Crippen LogP contribution in [0.2, 0.25) is 0 Å². The van der Waals surface area contributed by atoms with E-state index in [9.17, 15) is 9.59 Å². The molecule has 2 aromatic rings. The lowest BCUT2D eigenvalue weighted by molar-refractivity contribution is -0.123. The number of benzene rings is 1. The molecule has 1 saturated carbocycles. The summed E-state index contributed by atoms with van der Waals surface area (Å²) in [5.74, 6) is 0.370. The van der Waals surface area contributed by atoms with Crippen molar-refractivity contribution in [3.05, 3.63) is 34.7 Å². The van der Waals surface area contributed by atoms with Crippen LogP contribution < -0.4 is 5.69 Å². The zero-order chi connectivity index (χ0) is 14.1. The number of Topliss-reactive ketones (excluding diaryl/α,β-unsaturated/α-hetero) is 1. The highest BCUT2D eigenvalue weighted by molar-refractivity contribution is 5.84. The maximum absolute atomic E-state index is 12.4. The molecule has 20 heavy (non-hydrogen) atoms. The molecule has 1 aliphatic carbocycles. The zero-order valence-corrected chi connectivity index (χ0v) is 11.8. The number of carbonyl (C=O) groups excluding carboxylic acids is 1. The SMILES string of the molecule is CCn1c(=O)n(CC(=O)C2CCCC2)c2ccccc21. The van der Waals surface area contributed by atoms with Gasteiger partial charge in [-0.15, -0.1) is 0 Å². The van der Waals surface area contributed by atoms with Gasteiger partial charge in [-0.1, -0.05) is 25.0 Å². The number of para-hydroxylation sites is 2. The summed E-state index contributed by atoms with van der Waals surface area (Å²) in [7, 11) is 0. The number of carbonyl (C=O) groups is 1. The predicted octanol–water partition coefficient (Wildman–Crippen LogP) is 2.58. The van der Waals surface area contributed by atoms with Gasteiger partial charge in [0.25, 0.3) is 0 Å². The van der Waals surface area contributed by atoms with Crippen LogP contribution in [0.15, 0.2) is 29.1 Å². The first-order valence-electron chi connectivity index (χ1n) is 7.43. The van der Waals surface area contributed by atoms with Crippen molar-refractivity contribution in [2.45, 2.75) is 45.7 Å². The van der Waals surface area contributed by atoms with Crippen LogP contribution in [0.4, 0.5) is 0 Å². The quantitative estimate of drug-likeness (QED) is 0.858. The van der Waals surface area contributed by atoms with Crippen molar-refractivity contribution in [3.63, 3.8) is 0 Å². The Bertz CT molecular complexity index is 690. The molecule has 0 atom stereocenters. The number of ketones is 1. The highest BCUT2D eigenvalue weighted by Crippen LogP contribution is 2.26. The molecular formula is C16H20N2O2. The number of fused-ring (bicyclic) bond motifs is 1. The topological polar surface area (TPSA) is 44.0 Å². The number of hydrogen-bond acceptors (Lipinski definition) is 2. The van der Waals surface area contributed by atoms with Crippen LogP contribution in [-0.2, 0) is 17.9 Å². The van der Waals surface area contributed by atoms with Crippen LogP contribution in [-0.4, -0.2) is 14.9 Å². The molecule has 0 aliphatic heterocycles. The van der Waals surface area contributed by atoms with Gasteiger partial charge < -0.3 is 0 Å². The Labute approximate surface area is 118 Å². The molecule has 4 nitrogen and oxygen atoms in total. The standard InChI is InChI=1S/C16H20N2O2/c1-2-17-13-9-5-6-10-14(13)18(16(17)20)11-15(19)12-7-3-4-8-12/h5-6,9-10,12H,2-4,7-8,11H2,1H3. The molecular weight excluding hydrogens is 252 g/mol. The fraction of sp³-hybridized carbons (Fsp3) is 0.500. The normalized spacial score (nSPS) is 16.1. The van der Waals surface area contributed by atoms with Gasteiger partial charge in [0, 0.05) is 12.5 Å². The fourth-order valence-corrected chi connectivity index (χ4v) is 3.26. The first-order chi connectivity index (χ1) is 9.72. The van der Waals surface area contributed by atoms with Gasteiger partial charge in [-0.3, -0.25) is 13.9 Å². The third-order valence-electron chi connectivity index (χ3n) is 4.37. The molecule has 1 fully saturated rings. The van der Waals surface area contributed by atoms with Gasteiger partial charge in [-0.2, -0.15) is 0 Å². The number of hydrogen-bond donors (Lipinski definition) is 0. The lowest BCUT2D eigenvalue weighted by Crippen LogP contribution is -2.28. The van der Waals surface area contributed by atoms with Gasteiger partial charge in [0.15, 0.2) is 5.78 Å². The third kappa shape index (κ3) is 2.09. The van der Waals surface area contributed by atoms with E-state index in [-0.39, 0.29) is 23.9 Å². The Balaban J connectivity index is 2.00. The van der Waals surface area contributed by atoms with E-state index in [0.29, 0.717) is 6.54 Å². The molecule has 0 bridgehead atoms. The predicted molar refractivity (Wildman–Crippen MR) is 78.8 cm³/mol. The summed E-state index contributed by atoms with van der Waals surface area (Å²) in [5, 5.41) is 0. The Morgan fingerprint density at radius 3 is 2.35 bits per heavy atom. The van der Waals surface area contributed by atoms with Crippen LogP contribution >= 0.6 is 0 Å². The molecule has 1 aliphatic rings. The van der Waals surface area contributed by atoms with E-state index < -0.39 is 0 Å². The van der Waals surface area contributed by atoms with Crippen LogP contribution in [0.5, 0.6) is 0 Å². The number of aromatic nitrogens is 2. The molecule has 0 amide bonds. The lowest BCUT2D eigenvalue weighted by Gasteiger charge is -2.08. The van der Waals surface area contributed by atoms with Gasteiger partial charge in [0.1, 0.15) is 0 Å². The molecule has 0 spiro atoms. The number of aryl methyl sites for hydroxylation is 1. The van der Waals surface area contributed by atoms with Crippen molar-refractivity contribution in [2.75, 3.05) is 0 Å². The van der Waals surface area contributed by atoms with Crippen molar-refractivity contribution in [3.8, 4) is 0 Å². The van der Waals surface area contributed by atoms with E-state index in [0.717, 1.165) is 36.7 Å². The summed E-state index contributed by atoms with van der Waals surface area (Å²) >= 11 is 0. The van der Waals surface area contributed by atoms with E-state index >= 15 is 0 Å². The second-order valence-electron chi connectivity index (χ2n) is 5.55. The van der Waals surface area contributed by atoms with E-state index in [2.05, 4.69) is 0 Å². The number of rotatable bonds is 4. The Morgan fingerprint density at radius 1 is 1.15 bits per heavy atom. The summed E-state index contributed by atoms with van der Waals surface area (Å²) in [6.07, 6.45) is 4.25. The van der Waals surface area contributed by atoms with Crippen molar-refractivity contribution in [1.82, 2.24) is 9.13 Å². The minimum Gasteiger partial charge on any atom is -0.297 e. The molecule has 0 radical (unpaired) electrons. The first kappa shape index (κ1) is 13.2. The van der Waals surface area contributed by atoms with Crippen LogP contribution in [0, 0.1) is 5.92 Å². The van der Waals surface area contributed by atoms with E-state index in [1.54, 1.807) is 9.13 Å². The van der Waals surface area contributed by atoms with Crippen LogP contribution in [0.25, 0.3) is 11.0 Å². The molecule has 0 unspecified atom stereocenters.